The molecule has 0 saturated carbocycles. The van der Waals surface area contributed by atoms with Crippen molar-refractivity contribution in [1.29, 1.82) is 0 Å². The van der Waals surface area contributed by atoms with Gasteiger partial charge in [0.05, 0.1) is 6.26 Å². The molecule has 1 aromatic heterocycles. The van der Waals surface area contributed by atoms with E-state index in [-0.39, 0.29) is 18.3 Å². The minimum Gasteiger partial charge on any atom is -0.489 e. The maximum Gasteiger partial charge on any atom is 0.290 e. The third-order valence-electron chi connectivity index (χ3n) is 4.84. The van der Waals surface area contributed by atoms with Crippen molar-refractivity contribution in [1.82, 2.24) is 4.90 Å². The van der Waals surface area contributed by atoms with Crippen LogP contribution in [0.1, 0.15) is 16.1 Å². The number of para-hydroxylation sites is 1. The number of furan rings is 1. The molecule has 5 nitrogen and oxygen atoms in total. The van der Waals surface area contributed by atoms with Crippen LogP contribution in [0.5, 0.6) is 5.75 Å². The zero-order valence-corrected chi connectivity index (χ0v) is 15.4. The van der Waals surface area contributed by atoms with E-state index in [1.165, 1.54) is 18.4 Å². The number of rotatable bonds is 5. The molecule has 4 rings (SSSR count). The fourth-order valence-electron chi connectivity index (χ4n) is 3.28. The van der Waals surface area contributed by atoms with Crippen LogP contribution in [-0.4, -0.2) is 37.0 Å². The van der Waals surface area contributed by atoms with Crippen LogP contribution < -0.4 is 9.64 Å². The van der Waals surface area contributed by atoms with Gasteiger partial charge in [-0.1, -0.05) is 18.2 Å². The van der Waals surface area contributed by atoms with E-state index >= 15 is 0 Å². The topological polar surface area (TPSA) is 45.9 Å². The molecule has 0 radical (unpaired) electrons. The molecule has 0 unspecified atom stereocenters. The van der Waals surface area contributed by atoms with Crippen LogP contribution in [0.25, 0.3) is 0 Å². The standard InChI is InChI=1S/C22H21FN2O3/c23-18-6-8-19(9-7-18)24-11-13-25(14-12-24)22(26)21-17(10-15-27-21)16-28-20-4-2-1-3-5-20/h1-10,15H,11-14,16H2. The van der Waals surface area contributed by atoms with Gasteiger partial charge in [0.25, 0.3) is 5.91 Å². The van der Waals surface area contributed by atoms with Crippen molar-refractivity contribution in [3.63, 3.8) is 0 Å². The van der Waals surface area contributed by atoms with Crippen LogP contribution >= 0.6 is 0 Å². The van der Waals surface area contributed by atoms with Crippen molar-refractivity contribution in [3.05, 3.63) is 84.1 Å². The number of anilines is 1. The zero-order chi connectivity index (χ0) is 19.3. The van der Waals surface area contributed by atoms with Gasteiger partial charge in [-0.2, -0.15) is 0 Å². The third-order valence-corrected chi connectivity index (χ3v) is 4.84. The minimum atomic E-state index is -0.249. The Morgan fingerprint density at radius 3 is 2.39 bits per heavy atom. The second-order valence-corrected chi connectivity index (χ2v) is 6.63. The van der Waals surface area contributed by atoms with Crippen LogP contribution in [0, 0.1) is 5.82 Å². The summed E-state index contributed by atoms with van der Waals surface area (Å²) in [5.74, 6) is 0.692. The highest BCUT2D eigenvalue weighted by molar-refractivity contribution is 5.93. The monoisotopic (exact) mass is 380 g/mol. The summed E-state index contributed by atoms with van der Waals surface area (Å²) in [5, 5.41) is 0. The number of halogens is 1. The van der Waals surface area contributed by atoms with Crippen LogP contribution in [0.4, 0.5) is 10.1 Å². The molecule has 28 heavy (non-hydrogen) atoms. The van der Waals surface area contributed by atoms with Gasteiger partial charge < -0.3 is 19.0 Å². The molecule has 2 heterocycles. The number of carbonyl (C=O) groups is 1. The summed E-state index contributed by atoms with van der Waals surface area (Å²) in [7, 11) is 0. The summed E-state index contributed by atoms with van der Waals surface area (Å²) in [6, 6.07) is 17.7. The van der Waals surface area contributed by atoms with E-state index in [1.807, 2.05) is 30.3 Å². The Morgan fingerprint density at radius 2 is 1.68 bits per heavy atom. The summed E-state index contributed by atoms with van der Waals surface area (Å²) in [4.78, 5) is 16.8. The highest BCUT2D eigenvalue weighted by Gasteiger charge is 2.26. The van der Waals surface area contributed by atoms with Crippen molar-refractivity contribution >= 4 is 11.6 Å². The molecule has 0 aliphatic carbocycles. The van der Waals surface area contributed by atoms with E-state index < -0.39 is 0 Å². The van der Waals surface area contributed by atoms with Gasteiger partial charge in [0, 0.05) is 37.4 Å². The third kappa shape index (κ3) is 4.01. The average Bonchev–Trinajstić information content (AvgIpc) is 3.22. The molecule has 1 aliphatic heterocycles. The Bertz CT molecular complexity index is 916. The van der Waals surface area contributed by atoms with Crippen molar-refractivity contribution in [2.45, 2.75) is 6.61 Å². The first-order chi connectivity index (χ1) is 13.7. The lowest BCUT2D eigenvalue weighted by Gasteiger charge is -2.35. The molecule has 0 spiro atoms. The smallest absolute Gasteiger partial charge is 0.290 e. The van der Waals surface area contributed by atoms with Crippen LogP contribution in [0.3, 0.4) is 0 Å². The Morgan fingerprint density at radius 1 is 0.964 bits per heavy atom. The molecular weight excluding hydrogens is 359 g/mol. The first-order valence-corrected chi connectivity index (χ1v) is 9.25. The zero-order valence-electron chi connectivity index (χ0n) is 15.4. The molecule has 3 aromatic rings. The van der Waals surface area contributed by atoms with Gasteiger partial charge in [0.2, 0.25) is 0 Å². The number of carbonyl (C=O) groups excluding carboxylic acids is 1. The molecule has 1 amide bonds. The van der Waals surface area contributed by atoms with E-state index in [0.29, 0.717) is 31.9 Å². The van der Waals surface area contributed by atoms with Gasteiger partial charge in [-0.05, 0) is 42.5 Å². The first kappa shape index (κ1) is 18.1. The van der Waals surface area contributed by atoms with E-state index in [4.69, 9.17) is 9.15 Å². The predicted molar refractivity (Wildman–Crippen MR) is 104 cm³/mol. The fraction of sp³-hybridized carbons (Fsp3) is 0.227. The second-order valence-electron chi connectivity index (χ2n) is 6.63. The molecule has 6 heteroatoms. The number of piperazine rings is 1. The van der Waals surface area contributed by atoms with Gasteiger partial charge in [0.1, 0.15) is 18.2 Å². The highest BCUT2D eigenvalue weighted by Crippen LogP contribution is 2.20. The molecule has 144 valence electrons. The van der Waals surface area contributed by atoms with Crippen LogP contribution in [0.2, 0.25) is 0 Å². The first-order valence-electron chi connectivity index (χ1n) is 9.25. The summed E-state index contributed by atoms with van der Waals surface area (Å²) in [5.41, 5.74) is 1.69. The Hall–Kier alpha value is -3.28. The summed E-state index contributed by atoms with van der Waals surface area (Å²) >= 11 is 0. The van der Waals surface area contributed by atoms with Gasteiger partial charge >= 0.3 is 0 Å². The van der Waals surface area contributed by atoms with Gasteiger partial charge in [-0.15, -0.1) is 0 Å². The van der Waals surface area contributed by atoms with Crippen molar-refractivity contribution in [3.8, 4) is 5.75 Å². The highest BCUT2D eigenvalue weighted by atomic mass is 19.1. The normalized spacial score (nSPS) is 14.2. The number of hydrogen-bond acceptors (Lipinski definition) is 4. The predicted octanol–water partition coefficient (Wildman–Crippen LogP) is 3.96. The van der Waals surface area contributed by atoms with Crippen molar-refractivity contribution in [2.24, 2.45) is 0 Å². The minimum absolute atomic E-state index is 0.129. The fourth-order valence-corrected chi connectivity index (χ4v) is 3.28. The molecule has 0 atom stereocenters. The number of benzene rings is 2. The van der Waals surface area contributed by atoms with Crippen LogP contribution in [-0.2, 0) is 6.61 Å². The molecule has 0 N–H and O–H groups in total. The number of hydrogen-bond donors (Lipinski definition) is 0. The van der Waals surface area contributed by atoms with Crippen molar-refractivity contribution in [2.75, 3.05) is 31.1 Å². The Labute approximate surface area is 162 Å². The SMILES string of the molecule is O=C(c1occc1COc1ccccc1)N1CCN(c2ccc(F)cc2)CC1. The largest absolute Gasteiger partial charge is 0.489 e. The van der Waals surface area contributed by atoms with Crippen LogP contribution in [0.15, 0.2) is 71.3 Å². The molecule has 1 saturated heterocycles. The quantitative estimate of drug-likeness (QED) is 0.672. The van der Waals surface area contributed by atoms with E-state index in [2.05, 4.69) is 4.90 Å². The maximum atomic E-state index is 13.1. The van der Waals surface area contributed by atoms with Crippen molar-refractivity contribution < 1.29 is 18.3 Å². The summed E-state index contributed by atoms with van der Waals surface area (Å²) < 4.78 is 24.3. The Balaban J connectivity index is 1.37. The number of amides is 1. The molecule has 1 aliphatic rings. The van der Waals surface area contributed by atoms with Gasteiger partial charge in [0.15, 0.2) is 5.76 Å². The van der Waals surface area contributed by atoms with E-state index in [9.17, 15) is 9.18 Å². The molecule has 2 aromatic carbocycles. The molecule has 0 bridgehead atoms. The lowest BCUT2D eigenvalue weighted by Crippen LogP contribution is -2.48. The van der Waals surface area contributed by atoms with Gasteiger partial charge in [-0.25, -0.2) is 4.39 Å². The summed E-state index contributed by atoms with van der Waals surface area (Å²) in [6.07, 6.45) is 1.52. The molecular formula is C22H21FN2O3. The maximum absolute atomic E-state index is 13.1. The van der Waals surface area contributed by atoms with E-state index in [1.54, 1.807) is 23.1 Å². The number of ether oxygens (including phenoxy) is 1. The Kier molecular flexibility index (Phi) is 5.28. The molecule has 1 fully saturated rings. The lowest BCUT2D eigenvalue weighted by molar-refractivity contribution is 0.0711. The van der Waals surface area contributed by atoms with E-state index in [0.717, 1.165) is 17.0 Å². The second kappa shape index (κ2) is 8.17. The lowest BCUT2D eigenvalue weighted by atomic mass is 10.2. The summed E-state index contributed by atoms with van der Waals surface area (Å²) in [6.45, 7) is 2.81. The number of nitrogens with zero attached hydrogens (tertiary/aromatic N) is 2. The van der Waals surface area contributed by atoms with Gasteiger partial charge in [-0.3, -0.25) is 4.79 Å². The average molecular weight is 380 g/mol.